The van der Waals surface area contributed by atoms with Crippen molar-refractivity contribution in [2.45, 2.75) is 65.7 Å². The lowest BCUT2D eigenvalue weighted by atomic mass is 9.86. The van der Waals surface area contributed by atoms with Crippen LogP contribution in [0, 0.1) is 11.3 Å². The third-order valence-electron chi connectivity index (χ3n) is 5.14. The summed E-state index contributed by atoms with van der Waals surface area (Å²) in [5.74, 6) is 0.798. The van der Waals surface area contributed by atoms with Crippen LogP contribution in [0.1, 0.15) is 47.5 Å². The second kappa shape index (κ2) is 10.3. The number of nitrogens with two attached hydrogens (primary N) is 1. The molecule has 5 nitrogen and oxygen atoms in total. The maximum Gasteiger partial charge on any atom is 0.240 e. The minimum absolute atomic E-state index is 0. The highest BCUT2D eigenvalue weighted by Gasteiger charge is 2.33. The van der Waals surface area contributed by atoms with Crippen molar-refractivity contribution in [3.8, 4) is 0 Å². The molecule has 2 heterocycles. The minimum Gasteiger partial charge on any atom is -0.373 e. The van der Waals surface area contributed by atoms with Crippen LogP contribution in [-0.4, -0.2) is 66.7 Å². The van der Waals surface area contributed by atoms with Crippen molar-refractivity contribution in [2.24, 2.45) is 17.1 Å². The number of carbonyl (C=O) groups is 1. The van der Waals surface area contributed by atoms with Gasteiger partial charge < -0.3 is 15.4 Å². The molecule has 3 atom stereocenters. The largest absolute Gasteiger partial charge is 0.373 e. The fraction of sp³-hybridized carbons (Fsp3) is 0.944. The molecule has 2 unspecified atom stereocenters. The van der Waals surface area contributed by atoms with Gasteiger partial charge in [0.05, 0.1) is 18.2 Å². The monoisotopic (exact) mass is 397 g/mol. The van der Waals surface area contributed by atoms with Gasteiger partial charge in [-0.15, -0.1) is 24.8 Å². The highest BCUT2D eigenvalue weighted by molar-refractivity contribution is 5.85. The van der Waals surface area contributed by atoms with Crippen LogP contribution in [0.3, 0.4) is 0 Å². The third-order valence-corrected chi connectivity index (χ3v) is 5.14. The van der Waals surface area contributed by atoms with Gasteiger partial charge >= 0.3 is 0 Å². The maximum atomic E-state index is 12.5. The highest BCUT2D eigenvalue weighted by Crippen LogP contribution is 2.24. The van der Waals surface area contributed by atoms with E-state index in [0.29, 0.717) is 18.1 Å². The topological polar surface area (TPSA) is 58.8 Å². The minimum atomic E-state index is -0.403. The zero-order valence-electron chi connectivity index (χ0n) is 16.4. The van der Waals surface area contributed by atoms with Crippen LogP contribution >= 0.6 is 24.8 Å². The smallest absolute Gasteiger partial charge is 0.240 e. The van der Waals surface area contributed by atoms with E-state index in [-0.39, 0.29) is 36.1 Å². The summed E-state index contributed by atoms with van der Waals surface area (Å²) in [6, 6.07) is -0.403. The molecule has 0 aromatic heterocycles. The van der Waals surface area contributed by atoms with Crippen molar-refractivity contribution in [1.82, 2.24) is 9.80 Å². The summed E-state index contributed by atoms with van der Waals surface area (Å²) in [6.45, 7) is 15.3. The fourth-order valence-electron chi connectivity index (χ4n) is 3.70. The van der Waals surface area contributed by atoms with E-state index >= 15 is 0 Å². The van der Waals surface area contributed by atoms with Gasteiger partial charge in [0, 0.05) is 32.7 Å². The van der Waals surface area contributed by atoms with Gasteiger partial charge in [0.25, 0.3) is 0 Å². The van der Waals surface area contributed by atoms with Gasteiger partial charge in [-0.2, -0.15) is 0 Å². The summed E-state index contributed by atoms with van der Waals surface area (Å²) >= 11 is 0. The molecule has 0 aromatic rings. The maximum absolute atomic E-state index is 12.5. The molecule has 2 N–H and O–H groups in total. The lowest BCUT2D eigenvalue weighted by molar-refractivity contribution is -0.136. The van der Waals surface area contributed by atoms with E-state index in [0.717, 1.165) is 45.6 Å². The molecule has 0 radical (unpaired) electrons. The Hall–Kier alpha value is -0.0700. The van der Waals surface area contributed by atoms with E-state index in [4.69, 9.17) is 10.5 Å². The summed E-state index contributed by atoms with van der Waals surface area (Å²) in [4.78, 5) is 17.0. The summed E-state index contributed by atoms with van der Waals surface area (Å²) in [6.07, 6.45) is 2.82. The molecule has 0 bridgehead atoms. The van der Waals surface area contributed by atoms with Crippen molar-refractivity contribution < 1.29 is 9.53 Å². The van der Waals surface area contributed by atoms with Crippen molar-refractivity contribution in [1.29, 1.82) is 0 Å². The van der Waals surface area contributed by atoms with Gasteiger partial charge in [-0.25, -0.2) is 0 Å². The number of rotatable bonds is 3. The van der Waals surface area contributed by atoms with E-state index in [2.05, 4.69) is 18.7 Å². The van der Waals surface area contributed by atoms with E-state index in [1.807, 2.05) is 25.7 Å². The quantitative estimate of drug-likeness (QED) is 0.794. The Morgan fingerprint density at radius 1 is 1.12 bits per heavy atom. The standard InChI is InChI=1S/C18H35N3O2.2ClH/c1-13-10-20(11-14(2)23-13)12-15-6-8-21(9-7-15)17(22)16(19)18(3,4)5;;/h13-16H,6-12,19H2,1-5H3;2*1H/t13?,14?,16-;;/m1../s1. The number of carbonyl (C=O) groups excluding carboxylic acids is 1. The van der Waals surface area contributed by atoms with Gasteiger partial charge in [0.2, 0.25) is 5.91 Å². The van der Waals surface area contributed by atoms with Crippen LogP contribution in [-0.2, 0) is 9.53 Å². The van der Waals surface area contributed by atoms with Gasteiger partial charge in [0.1, 0.15) is 0 Å². The molecule has 150 valence electrons. The average molecular weight is 398 g/mol. The Morgan fingerprint density at radius 2 is 1.60 bits per heavy atom. The normalized spacial score (nSPS) is 27.2. The van der Waals surface area contributed by atoms with Crippen LogP contribution in [0.5, 0.6) is 0 Å². The first-order valence-electron chi connectivity index (χ1n) is 9.09. The number of hydrogen-bond acceptors (Lipinski definition) is 4. The molecule has 2 fully saturated rings. The molecule has 2 aliphatic heterocycles. The van der Waals surface area contributed by atoms with E-state index in [9.17, 15) is 4.79 Å². The Labute approximate surface area is 165 Å². The van der Waals surface area contributed by atoms with Crippen LogP contribution in [0.25, 0.3) is 0 Å². The molecule has 2 saturated heterocycles. The molecule has 0 aliphatic carbocycles. The summed E-state index contributed by atoms with van der Waals surface area (Å²) in [5.41, 5.74) is 5.95. The lowest BCUT2D eigenvalue weighted by Gasteiger charge is -2.40. The van der Waals surface area contributed by atoms with Gasteiger partial charge in [0.15, 0.2) is 0 Å². The molecule has 25 heavy (non-hydrogen) atoms. The first-order valence-corrected chi connectivity index (χ1v) is 9.09. The second-order valence-electron chi connectivity index (χ2n) is 8.59. The van der Waals surface area contributed by atoms with Crippen LogP contribution in [0.2, 0.25) is 0 Å². The summed E-state index contributed by atoms with van der Waals surface area (Å²) in [5, 5.41) is 0. The molecule has 2 rings (SSSR count). The molecule has 0 spiro atoms. The third kappa shape index (κ3) is 7.22. The zero-order valence-corrected chi connectivity index (χ0v) is 18.0. The van der Waals surface area contributed by atoms with E-state index < -0.39 is 6.04 Å². The number of halogens is 2. The molecular formula is C18H37Cl2N3O2. The number of hydrogen-bond donors (Lipinski definition) is 1. The number of amides is 1. The predicted octanol–water partition coefficient (Wildman–Crippen LogP) is 2.55. The van der Waals surface area contributed by atoms with E-state index in [1.54, 1.807) is 0 Å². The molecule has 1 amide bonds. The number of likely N-dealkylation sites (tertiary alicyclic amines) is 1. The lowest BCUT2D eigenvalue weighted by Crippen LogP contribution is -2.53. The molecule has 0 saturated carbocycles. The van der Waals surface area contributed by atoms with Crippen LogP contribution < -0.4 is 5.73 Å². The number of piperidine rings is 1. The first-order chi connectivity index (χ1) is 10.7. The predicted molar refractivity (Wildman–Crippen MR) is 108 cm³/mol. The van der Waals surface area contributed by atoms with Crippen molar-refractivity contribution in [3.05, 3.63) is 0 Å². The number of nitrogens with zero attached hydrogens (tertiary/aromatic N) is 2. The van der Waals surface area contributed by atoms with Crippen molar-refractivity contribution in [2.75, 3.05) is 32.7 Å². The Kier molecular flexibility index (Phi) is 10.3. The highest BCUT2D eigenvalue weighted by atomic mass is 35.5. The summed E-state index contributed by atoms with van der Waals surface area (Å²) < 4.78 is 5.80. The van der Waals surface area contributed by atoms with Crippen molar-refractivity contribution in [3.63, 3.8) is 0 Å². The molecule has 2 aliphatic rings. The Morgan fingerprint density at radius 3 is 2.04 bits per heavy atom. The second-order valence-corrected chi connectivity index (χ2v) is 8.59. The first kappa shape index (κ1) is 24.9. The molecule has 7 heteroatoms. The SMILES string of the molecule is CC1CN(CC2CCN(C(=O)[C@@H](N)C(C)(C)C)CC2)CC(C)O1.Cl.Cl. The van der Waals surface area contributed by atoms with Crippen LogP contribution in [0.15, 0.2) is 0 Å². The average Bonchev–Trinajstić information content (AvgIpc) is 2.44. The van der Waals surface area contributed by atoms with Gasteiger partial charge in [-0.1, -0.05) is 20.8 Å². The van der Waals surface area contributed by atoms with Crippen LogP contribution in [0.4, 0.5) is 0 Å². The number of morpholine rings is 1. The van der Waals surface area contributed by atoms with Gasteiger partial charge in [-0.05, 0) is 38.0 Å². The molecular weight excluding hydrogens is 361 g/mol. The van der Waals surface area contributed by atoms with Gasteiger partial charge in [-0.3, -0.25) is 9.69 Å². The number of ether oxygens (including phenoxy) is 1. The van der Waals surface area contributed by atoms with E-state index in [1.165, 1.54) is 0 Å². The fourth-order valence-corrected chi connectivity index (χ4v) is 3.70. The van der Waals surface area contributed by atoms with Crippen molar-refractivity contribution >= 4 is 30.7 Å². The summed E-state index contributed by atoms with van der Waals surface area (Å²) in [7, 11) is 0. The zero-order chi connectivity index (χ0) is 17.2. The molecule has 0 aromatic carbocycles. The Balaban J connectivity index is 0.00000288. The Bertz CT molecular complexity index is 400.